The second-order valence-electron chi connectivity index (χ2n) is 6.11. The van der Waals surface area contributed by atoms with Crippen LogP contribution in [0, 0.1) is 0 Å². The molecule has 134 valence electrons. The van der Waals surface area contributed by atoms with E-state index in [1.54, 1.807) is 6.07 Å². The van der Waals surface area contributed by atoms with Crippen molar-refractivity contribution < 1.29 is 9.53 Å². The van der Waals surface area contributed by atoms with Crippen molar-refractivity contribution >= 4 is 28.3 Å². The van der Waals surface area contributed by atoms with Crippen molar-refractivity contribution in [1.82, 2.24) is 14.8 Å². The van der Waals surface area contributed by atoms with Gasteiger partial charge in [0.15, 0.2) is 0 Å². The Labute approximate surface area is 149 Å². The van der Waals surface area contributed by atoms with Crippen LogP contribution in [-0.4, -0.2) is 47.0 Å². The number of rotatable bonds is 4. The van der Waals surface area contributed by atoms with Gasteiger partial charge in [0.05, 0.1) is 13.2 Å². The lowest BCUT2D eigenvalue weighted by Crippen LogP contribution is -2.38. The van der Waals surface area contributed by atoms with Crippen LogP contribution in [0.2, 0.25) is 0 Å². The van der Waals surface area contributed by atoms with Gasteiger partial charge in [0, 0.05) is 41.9 Å². The summed E-state index contributed by atoms with van der Waals surface area (Å²) in [5.74, 6) is 0.378. The fourth-order valence-corrected chi connectivity index (χ4v) is 2.98. The number of fused-ring (bicyclic) bond motifs is 1. The number of anilines is 2. The van der Waals surface area contributed by atoms with Crippen molar-refractivity contribution in [1.29, 1.82) is 0 Å². The first-order valence-corrected chi connectivity index (χ1v) is 8.47. The predicted octanol–water partition coefficient (Wildman–Crippen LogP) is 1.20. The Kier molecular flexibility index (Phi) is 4.40. The summed E-state index contributed by atoms with van der Waals surface area (Å²) >= 11 is 0. The average molecular weight is 353 g/mol. The summed E-state index contributed by atoms with van der Waals surface area (Å²) in [5, 5.41) is 8.15. The zero-order valence-electron chi connectivity index (χ0n) is 14.1. The lowest BCUT2D eigenvalue weighted by atomic mass is 10.2. The standard InChI is InChI=1S/C18H19N5O3/c24-17(20-14-1-2-15-13(11-14)5-6-19-15)12-23-18(25)4-3-16(21-23)22-7-9-26-10-8-22/h1-6,11,19H,7-10,12H2,(H,20,24). The van der Waals surface area contributed by atoms with E-state index in [-0.39, 0.29) is 18.0 Å². The molecule has 3 heterocycles. The van der Waals surface area contributed by atoms with Crippen molar-refractivity contribution in [3.63, 3.8) is 0 Å². The van der Waals surface area contributed by atoms with Gasteiger partial charge in [0.1, 0.15) is 12.4 Å². The Bertz CT molecular complexity index is 988. The number of aromatic nitrogens is 3. The van der Waals surface area contributed by atoms with Gasteiger partial charge in [-0.25, -0.2) is 4.68 Å². The number of benzene rings is 1. The van der Waals surface area contributed by atoms with Crippen LogP contribution in [0.5, 0.6) is 0 Å². The van der Waals surface area contributed by atoms with E-state index in [1.807, 2.05) is 35.4 Å². The largest absolute Gasteiger partial charge is 0.378 e. The third kappa shape index (κ3) is 3.45. The second kappa shape index (κ2) is 7.01. The van der Waals surface area contributed by atoms with Gasteiger partial charge in [-0.15, -0.1) is 0 Å². The van der Waals surface area contributed by atoms with Crippen LogP contribution in [0.15, 0.2) is 47.4 Å². The van der Waals surface area contributed by atoms with Gasteiger partial charge in [-0.2, -0.15) is 5.10 Å². The van der Waals surface area contributed by atoms with Crippen LogP contribution in [0.3, 0.4) is 0 Å². The van der Waals surface area contributed by atoms with Crippen LogP contribution < -0.4 is 15.8 Å². The molecule has 0 bridgehead atoms. The Balaban J connectivity index is 1.48. The third-order valence-electron chi connectivity index (χ3n) is 4.32. The Morgan fingerprint density at radius 3 is 2.88 bits per heavy atom. The smallest absolute Gasteiger partial charge is 0.267 e. The van der Waals surface area contributed by atoms with Crippen LogP contribution in [0.1, 0.15) is 0 Å². The molecule has 2 aromatic heterocycles. The van der Waals surface area contributed by atoms with Crippen molar-refractivity contribution in [3.05, 3.63) is 52.9 Å². The van der Waals surface area contributed by atoms with Gasteiger partial charge in [-0.3, -0.25) is 9.59 Å². The molecule has 1 saturated heterocycles. The summed E-state index contributed by atoms with van der Waals surface area (Å²) in [5.41, 5.74) is 1.37. The molecule has 0 aliphatic carbocycles. The zero-order chi connectivity index (χ0) is 17.9. The number of carbonyl (C=O) groups is 1. The lowest BCUT2D eigenvalue weighted by molar-refractivity contribution is -0.117. The number of H-pyrrole nitrogens is 1. The van der Waals surface area contributed by atoms with Crippen LogP contribution >= 0.6 is 0 Å². The highest BCUT2D eigenvalue weighted by Gasteiger charge is 2.14. The summed E-state index contributed by atoms with van der Waals surface area (Å²) in [6.07, 6.45) is 1.84. The summed E-state index contributed by atoms with van der Waals surface area (Å²) in [4.78, 5) is 29.5. The third-order valence-corrected chi connectivity index (χ3v) is 4.32. The molecule has 8 heteroatoms. The molecule has 1 fully saturated rings. The van der Waals surface area contributed by atoms with Crippen molar-refractivity contribution in [2.24, 2.45) is 0 Å². The molecule has 1 aliphatic heterocycles. The van der Waals surface area contributed by atoms with E-state index in [4.69, 9.17) is 4.74 Å². The Morgan fingerprint density at radius 2 is 2.04 bits per heavy atom. The summed E-state index contributed by atoms with van der Waals surface area (Å²) in [7, 11) is 0. The first kappa shape index (κ1) is 16.3. The molecule has 0 atom stereocenters. The molecule has 0 radical (unpaired) electrons. The van der Waals surface area contributed by atoms with Gasteiger partial charge in [-0.1, -0.05) is 0 Å². The quantitative estimate of drug-likeness (QED) is 0.735. The highest BCUT2D eigenvalue weighted by molar-refractivity contribution is 5.93. The molecule has 4 rings (SSSR count). The number of hydrogen-bond donors (Lipinski definition) is 2. The number of ether oxygens (including phenoxy) is 1. The maximum Gasteiger partial charge on any atom is 0.267 e. The molecule has 3 aromatic rings. The molecule has 1 aliphatic rings. The number of hydrogen-bond acceptors (Lipinski definition) is 5. The zero-order valence-corrected chi connectivity index (χ0v) is 14.1. The van der Waals surface area contributed by atoms with Gasteiger partial charge in [0.25, 0.3) is 5.56 Å². The minimum absolute atomic E-state index is 0.137. The molecule has 1 amide bonds. The normalized spacial score (nSPS) is 14.5. The average Bonchev–Trinajstić information content (AvgIpc) is 3.12. The molecule has 26 heavy (non-hydrogen) atoms. The van der Waals surface area contributed by atoms with E-state index in [9.17, 15) is 9.59 Å². The topological polar surface area (TPSA) is 92.2 Å². The number of nitrogens with one attached hydrogen (secondary N) is 2. The molecule has 0 spiro atoms. The van der Waals surface area contributed by atoms with E-state index >= 15 is 0 Å². The van der Waals surface area contributed by atoms with Gasteiger partial charge < -0.3 is 19.9 Å². The molecule has 2 N–H and O–H groups in total. The maximum atomic E-state index is 12.3. The van der Waals surface area contributed by atoms with Gasteiger partial charge in [-0.05, 0) is 30.3 Å². The predicted molar refractivity (Wildman–Crippen MR) is 98.5 cm³/mol. The van der Waals surface area contributed by atoms with E-state index in [1.165, 1.54) is 10.7 Å². The number of amides is 1. The first-order valence-electron chi connectivity index (χ1n) is 8.47. The minimum atomic E-state index is -0.307. The highest BCUT2D eigenvalue weighted by Crippen LogP contribution is 2.17. The monoisotopic (exact) mass is 353 g/mol. The molecule has 0 saturated carbocycles. The molecular formula is C18H19N5O3. The van der Waals surface area contributed by atoms with Crippen molar-refractivity contribution in [2.75, 3.05) is 36.5 Å². The molecule has 8 nitrogen and oxygen atoms in total. The minimum Gasteiger partial charge on any atom is -0.378 e. The Morgan fingerprint density at radius 1 is 1.19 bits per heavy atom. The summed E-state index contributed by atoms with van der Waals surface area (Å²) < 4.78 is 6.52. The number of nitrogens with zero attached hydrogens (tertiary/aromatic N) is 3. The van der Waals surface area contributed by atoms with E-state index in [2.05, 4.69) is 15.4 Å². The van der Waals surface area contributed by atoms with E-state index < -0.39 is 0 Å². The second-order valence-corrected chi connectivity index (χ2v) is 6.11. The molecule has 0 unspecified atom stereocenters. The van der Waals surface area contributed by atoms with Gasteiger partial charge in [0.2, 0.25) is 5.91 Å². The Hall–Kier alpha value is -3.13. The number of carbonyl (C=O) groups excluding carboxylic acids is 1. The molecular weight excluding hydrogens is 334 g/mol. The van der Waals surface area contributed by atoms with Crippen molar-refractivity contribution in [2.45, 2.75) is 6.54 Å². The number of morpholine rings is 1. The highest BCUT2D eigenvalue weighted by atomic mass is 16.5. The maximum absolute atomic E-state index is 12.3. The first-order chi connectivity index (χ1) is 12.7. The van der Waals surface area contributed by atoms with Crippen LogP contribution in [0.4, 0.5) is 11.5 Å². The van der Waals surface area contributed by atoms with Gasteiger partial charge >= 0.3 is 0 Å². The van der Waals surface area contributed by atoms with Crippen LogP contribution in [-0.2, 0) is 16.1 Å². The number of aromatic amines is 1. The van der Waals surface area contributed by atoms with E-state index in [0.29, 0.717) is 37.8 Å². The lowest BCUT2D eigenvalue weighted by Gasteiger charge is -2.27. The SMILES string of the molecule is O=C(Cn1nc(N2CCOCC2)ccc1=O)Nc1ccc2[nH]ccc2c1. The van der Waals surface area contributed by atoms with Crippen LogP contribution in [0.25, 0.3) is 10.9 Å². The van der Waals surface area contributed by atoms with E-state index in [0.717, 1.165) is 10.9 Å². The summed E-state index contributed by atoms with van der Waals surface area (Å²) in [6.45, 7) is 2.55. The van der Waals surface area contributed by atoms with Crippen molar-refractivity contribution in [3.8, 4) is 0 Å². The fraction of sp³-hybridized carbons (Fsp3) is 0.278. The molecule has 1 aromatic carbocycles. The fourth-order valence-electron chi connectivity index (χ4n) is 2.98. The summed E-state index contributed by atoms with van der Waals surface area (Å²) in [6, 6.07) is 10.7.